The Hall–Kier alpha value is -1.71. The highest BCUT2D eigenvalue weighted by molar-refractivity contribution is 5.84. The van der Waals surface area contributed by atoms with Crippen molar-refractivity contribution >= 4 is 17.9 Å². The van der Waals surface area contributed by atoms with E-state index in [-0.39, 0.29) is 5.41 Å². The maximum absolute atomic E-state index is 13.0. The summed E-state index contributed by atoms with van der Waals surface area (Å²) in [6.45, 7) is 16.7. The zero-order chi connectivity index (χ0) is 24.3. The zero-order valence-electron chi connectivity index (χ0n) is 20.5. The lowest BCUT2D eigenvalue weighted by Gasteiger charge is -2.43. The lowest BCUT2D eigenvalue weighted by molar-refractivity contribution is -0.217. The van der Waals surface area contributed by atoms with Crippen molar-refractivity contribution in [3.63, 3.8) is 0 Å². The molecule has 3 aliphatic rings. The normalized spacial score (nSPS) is 33.2. The molecule has 0 aromatic carbocycles. The first-order valence-electron chi connectivity index (χ1n) is 11.0. The van der Waals surface area contributed by atoms with E-state index in [2.05, 4.69) is 0 Å². The molecule has 3 rings (SSSR count). The predicted molar refractivity (Wildman–Crippen MR) is 111 cm³/mol. The van der Waals surface area contributed by atoms with Gasteiger partial charge in [-0.3, -0.25) is 4.79 Å². The molecule has 0 amide bonds. The Morgan fingerprint density at radius 1 is 0.969 bits per heavy atom. The molecule has 9 heteroatoms. The quantitative estimate of drug-likeness (QED) is 0.456. The SMILES string of the molecule is CC(C)(C)CC(C)(C(=O)OCC(=O)OC1C(=O)OC2C3OC(C)(C)OC3OC12)C(C)(C)C. The van der Waals surface area contributed by atoms with Gasteiger partial charge in [-0.15, -0.1) is 0 Å². The third-order valence-corrected chi connectivity index (χ3v) is 6.38. The van der Waals surface area contributed by atoms with Crippen molar-refractivity contribution in [2.45, 2.75) is 105 Å². The minimum absolute atomic E-state index is 0.124. The van der Waals surface area contributed by atoms with E-state index in [9.17, 15) is 14.4 Å². The summed E-state index contributed by atoms with van der Waals surface area (Å²) >= 11 is 0. The van der Waals surface area contributed by atoms with Crippen molar-refractivity contribution in [1.29, 1.82) is 0 Å². The molecular weight excluding hydrogens is 420 g/mol. The first-order valence-corrected chi connectivity index (χ1v) is 11.0. The predicted octanol–water partition coefficient (Wildman–Crippen LogP) is 2.73. The van der Waals surface area contributed by atoms with E-state index in [1.54, 1.807) is 13.8 Å². The number of esters is 3. The highest BCUT2D eigenvalue weighted by Gasteiger charge is 2.64. The second-order valence-corrected chi connectivity index (χ2v) is 11.8. The molecule has 0 N–H and O–H groups in total. The standard InChI is InChI=1S/C23H36O9/c1-20(2,3)11-23(9,21(4,5)6)19(26)27-10-12(24)28-15-13-14(29-17(15)25)16-18(30-13)32-22(7,8)31-16/h13-16,18H,10-11H2,1-9H3. The van der Waals surface area contributed by atoms with Gasteiger partial charge in [0.2, 0.25) is 6.10 Å². The lowest BCUT2D eigenvalue weighted by Crippen LogP contribution is -2.45. The van der Waals surface area contributed by atoms with Gasteiger partial charge < -0.3 is 28.4 Å². The summed E-state index contributed by atoms with van der Waals surface area (Å²) in [5.74, 6) is -2.92. The second kappa shape index (κ2) is 7.95. The molecule has 0 aromatic heterocycles. The monoisotopic (exact) mass is 456 g/mol. The second-order valence-electron chi connectivity index (χ2n) is 11.8. The van der Waals surface area contributed by atoms with Gasteiger partial charge in [-0.05, 0) is 38.0 Å². The van der Waals surface area contributed by atoms with Gasteiger partial charge in [0.25, 0.3) is 0 Å². The van der Waals surface area contributed by atoms with Crippen molar-refractivity contribution in [2.75, 3.05) is 6.61 Å². The summed E-state index contributed by atoms with van der Waals surface area (Å²) in [6.07, 6.45) is -3.57. The summed E-state index contributed by atoms with van der Waals surface area (Å²) in [5, 5.41) is 0. The molecule has 6 atom stereocenters. The van der Waals surface area contributed by atoms with Gasteiger partial charge in [0.15, 0.2) is 30.9 Å². The molecule has 0 bridgehead atoms. The molecule has 0 aromatic rings. The van der Waals surface area contributed by atoms with E-state index < -0.39 is 71.8 Å². The van der Waals surface area contributed by atoms with Gasteiger partial charge in [-0.1, -0.05) is 41.5 Å². The van der Waals surface area contributed by atoms with E-state index in [0.29, 0.717) is 6.42 Å². The first kappa shape index (κ1) is 24.9. The summed E-state index contributed by atoms with van der Waals surface area (Å²) in [5.41, 5.74) is -1.34. The number of carbonyl (C=O) groups excluding carboxylic acids is 3. The molecule has 0 aliphatic carbocycles. The van der Waals surface area contributed by atoms with Crippen LogP contribution in [-0.4, -0.2) is 61.0 Å². The van der Waals surface area contributed by atoms with E-state index >= 15 is 0 Å². The lowest BCUT2D eigenvalue weighted by atomic mass is 9.61. The molecule has 182 valence electrons. The fourth-order valence-electron chi connectivity index (χ4n) is 4.50. The largest absolute Gasteiger partial charge is 0.454 e. The molecule has 3 saturated heterocycles. The Labute approximate surface area is 189 Å². The summed E-state index contributed by atoms with van der Waals surface area (Å²) < 4.78 is 33.1. The third-order valence-electron chi connectivity index (χ3n) is 6.38. The van der Waals surface area contributed by atoms with Crippen LogP contribution in [0.25, 0.3) is 0 Å². The molecule has 32 heavy (non-hydrogen) atoms. The van der Waals surface area contributed by atoms with E-state index in [4.69, 9.17) is 28.4 Å². The smallest absolute Gasteiger partial charge is 0.350 e. The topological polar surface area (TPSA) is 107 Å². The average molecular weight is 457 g/mol. The van der Waals surface area contributed by atoms with Crippen LogP contribution < -0.4 is 0 Å². The van der Waals surface area contributed by atoms with E-state index in [1.165, 1.54) is 0 Å². The summed E-state index contributed by atoms with van der Waals surface area (Å²) in [7, 11) is 0. The summed E-state index contributed by atoms with van der Waals surface area (Å²) in [6, 6.07) is 0. The van der Waals surface area contributed by atoms with Gasteiger partial charge in [-0.2, -0.15) is 0 Å². The Morgan fingerprint density at radius 2 is 1.59 bits per heavy atom. The molecule has 0 spiro atoms. The molecule has 6 unspecified atom stereocenters. The van der Waals surface area contributed by atoms with Crippen LogP contribution in [0.4, 0.5) is 0 Å². The highest BCUT2D eigenvalue weighted by atomic mass is 16.9. The molecule has 0 radical (unpaired) electrons. The first-order chi connectivity index (χ1) is 14.4. The minimum Gasteiger partial charge on any atom is -0.454 e. The molecule has 3 heterocycles. The Morgan fingerprint density at radius 3 is 2.16 bits per heavy atom. The maximum Gasteiger partial charge on any atom is 0.350 e. The van der Waals surface area contributed by atoms with E-state index in [0.717, 1.165) is 0 Å². The third kappa shape index (κ3) is 4.79. The fourth-order valence-corrected chi connectivity index (χ4v) is 4.50. The van der Waals surface area contributed by atoms with E-state index in [1.807, 2.05) is 48.5 Å². The van der Waals surface area contributed by atoms with Crippen molar-refractivity contribution < 1.29 is 42.8 Å². The maximum atomic E-state index is 13.0. The van der Waals surface area contributed by atoms with Crippen LogP contribution in [0.5, 0.6) is 0 Å². The van der Waals surface area contributed by atoms with Crippen LogP contribution in [0.3, 0.4) is 0 Å². The number of carbonyl (C=O) groups is 3. The zero-order valence-corrected chi connectivity index (χ0v) is 20.5. The number of hydrogen-bond acceptors (Lipinski definition) is 9. The van der Waals surface area contributed by atoms with Gasteiger partial charge in [0.05, 0.1) is 5.41 Å². The van der Waals surface area contributed by atoms with Crippen LogP contribution in [0.2, 0.25) is 0 Å². The van der Waals surface area contributed by atoms with Crippen LogP contribution >= 0.6 is 0 Å². The molecule has 0 saturated carbocycles. The van der Waals surface area contributed by atoms with Gasteiger partial charge in [0, 0.05) is 0 Å². The Balaban J connectivity index is 1.59. The van der Waals surface area contributed by atoms with Crippen molar-refractivity contribution in [2.24, 2.45) is 16.2 Å². The van der Waals surface area contributed by atoms with Crippen LogP contribution in [0, 0.1) is 16.2 Å². The number of fused-ring (bicyclic) bond motifs is 3. The van der Waals surface area contributed by atoms with Gasteiger partial charge in [-0.25, -0.2) is 9.59 Å². The molecule has 3 fully saturated rings. The highest BCUT2D eigenvalue weighted by Crippen LogP contribution is 2.47. The number of ether oxygens (including phenoxy) is 6. The van der Waals surface area contributed by atoms with Crippen molar-refractivity contribution in [3.8, 4) is 0 Å². The fraction of sp³-hybridized carbons (Fsp3) is 0.870. The molecule has 9 nitrogen and oxygen atoms in total. The minimum atomic E-state index is -1.27. The molecular formula is C23H36O9. The van der Waals surface area contributed by atoms with Crippen molar-refractivity contribution in [3.05, 3.63) is 0 Å². The summed E-state index contributed by atoms with van der Waals surface area (Å²) in [4.78, 5) is 37.7. The average Bonchev–Trinajstić information content (AvgIpc) is 3.17. The van der Waals surface area contributed by atoms with Gasteiger partial charge >= 0.3 is 17.9 Å². The Kier molecular flexibility index (Phi) is 6.19. The Bertz CT molecular complexity index is 775. The van der Waals surface area contributed by atoms with Crippen molar-refractivity contribution in [1.82, 2.24) is 0 Å². The number of rotatable bonds is 5. The van der Waals surface area contributed by atoms with Gasteiger partial charge in [0.1, 0.15) is 6.10 Å². The van der Waals surface area contributed by atoms with Crippen LogP contribution in [-0.2, 0) is 42.8 Å². The number of hydrogen-bond donors (Lipinski definition) is 0. The van der Waals surface area contributed by atoms with Crippen LogP contribution in [0.1, 0.15) is 68.7 Å². The van der Waals surface area contributed by atoms with Crippen LogP contribution in [0.15, 0.2) is 0 Å². The molecule has 3 aliphatic heterocycles.